The molecule has 0 saturated heterocycles. The van der Waals surface area contributed by atoms with Crippen LogP contribution in [0.2, 0.25) is 0 Å². The van der Waals surface area contributed by atoms with Crippen molar-refractivity contribution < 1.29 is 23.8 Å². The van der Waals surface area contributed by atoms with Crippen molar-refractivity contribution in [3.8, 4) is 17.2 Å². The zero-order chi connectivity index (χ0) is 24.1. The van der Waals surface area contributed by atoms with Crippen LogP contribution in [0.1, 0.15) is 29.4 Å². The van der Waals surface area contributed by atoms with Crippen molar-refractivity contribution in [2.45, 2.75) is 19.9 Å². The third-order valence-corrected chi connectivity index (χ3v) is 5.09. The van der Waals surface area contributed by atoms with Gasteiger partial charge >= 0.3 is 0 Å². The average Bonchev–Trinajstić information content (AvgIpc) is 2.87. The number of ether oxygens (including phenoxy) is 3. The number of hydrogen-bond donors (Lipinski definition) is 2. The van der Waals surface area contributed by atoms with E-state index < -0.39 is 11.8 Å². The number of carbonyl (C=O) groups is 2. The molecular formula is C24H24N4O6. The number of carbonyl (C=O) groups excluding carboxylic acids is 2. The van der Waals surface area contributed by atoms with Gasteiger partial charge in [0.2, 0.25) is 5.75 Å². The number of hydrazine groups is 1. The van der Waals surface area contributed by atoms with Crippen LogP contribution in [0.25, 0.3) is 16.8 Å². The van der Waals surface area contributed by atoms with E-state index in [-0.39, 0.29) is 11.3 Å². The Bertz CT molecular complexity index is 1310. The van der Waals surface area contributed by atoms with Gasteiger partial charge in [0.15, 0.2) is 17.2 Å². The van der Waals surface area contributed by atoms with Crippen molar-refractivity contribution in [2.75, 3.05) is 20.3 Å². The maximum absolute atomic E-state index is 12.8. The summed E-state index contributed by atoms with van der Waals surface area (Å²) in [5.41, 5.74) is 5.12. The van der Waals surface area contributed by atoms with Crippen molar-refractivity contribution >= 4 is 28.7 Å². The summed E-state index contributed by atoms with van der Waals surface area (Å²) in [5.74, 6) is 0.341. The molecular weight excluding hydrogens is 440 g/mol. The zero-order valence-electron chi connectivity index (χ0n) is 18.8. The Labute approximate surface area is 195 Å². The fraction of sp³-hybridized carbons (Fsp3) is 0.250. The minimum Gasteiger partial charge on any atom is -0.493 e. The number of aryl methyl sites for hydroxylation is 1. The number of rotatable bonds is 6. The van der Waals surface area contributed by atoms with E-state index in [0.717, 1.165) is 0 Å². The molecule has 0 saturated carbocycles. The van der Waals surface area contributed by atoms with Gasteiger partial charge in [-0.15, -0.1) is 0 Å². The first-order chi connectivity index (χ1) is 16.5. The summed E-state index contributed by atoms with van der Waals surface area (Å²) >= 11 is 0. The molecule has 1 aliphatic heterocycles. The van der Waals surface area contributed by atoms with E-state index in [1.54, 1.807) is 42.5 Å². The quantitative estimate of drug-likeness (QED) is 0.423. The highest BCUT2D eigenvalue weighted by Gasteiger charge is 2.19. The van der Waals surface area contributed by atoms with Gasteiger partial charge in [0.05, 0.1) is 12.5 Å². The summed E-state index contributed by atoms with van der Waals surface area (Å²) in [7, 11) is 1.52. The molecule has 2 amide bonds. The Morgan fingerprint density at radius 2 is 1.91 bits per heavy atom. The summed E-state index contributed by atoms with van der Waals surface area (Å²) in [5, 5.41) is 5.00. The molecule has 0 aliphatic carbocycles. The van der Waals surface area contributed by atoms with Crippen molar-refractivity contribution in [3.05, 3.63) is 64.1 Å². The second kappa shape index (κ2) is 10.1. The monoisotopic (exact) mass is 464 g/mol. The highest BCUT2D eigenvalue weighted by molar-refractivity contribution is 6.05. The van der Waals surface area contributed by atoms with Gasteiger partial charge in [-0.05, 0) is 36.3 Å². The molecule has 4 rings (SSSR count). The molecule has 10 nitrogen and oxygen atoms in total. The Morgan fingerprint density at radius 1 is 1.15 bits per heavy atom. The van der Waals surface area contributed by atoms with Gasteiger partial charge in [-0.1, -0.05) is 25.1 Å². The summed E-state index contributed by atoms with van der Waals surface area (Å²) in [6.07, 6.45) is 3.49. The second-order valence-corrected chi connectivity index (χ2v) is 7.45. The first-order valence-electron chi connectivity index (χ1n) is 10.8. The van der Waals surface area contributed by atoms with Crippen LogP contribution in [0.5, 0.6) is 17.2 Å². The molecule has 1 aliphatic rings. The Morgan fingerprint density at radius 3 is 2.68 bits per heavy atom. The Hall–Kier alpha value is -4.34. The van der Waals surface area contributed by atoms with Gasteiger partial charge in [-0.25, -0.2) is 4.68 Å². The fourth-order valence-electron chi connectivity index (χ4n) is 3.55. The number of benzene rings is 2. The SMILES string of the molecule is CCCn1nc(C(=O)NNC(=O)/C=C/c2cc(OC)c3c(c2)OCCO3)c2ccccc2c1=O. The summed E-state index contributed by atoms with van der Waals surface area (Å²) < 4.78 is 17.7. The third-order valence-electron chi connectivity index (χ3n) is 5.09. The van der Waals surface area contributed by atoms with Crippen LogP contribution >= 0.6 is 0 Å². The van der Waals surface area contributed by atoms with Gasteiger partial charge in [0, 0.05) is 18.0 Å². The number of nitrogens with zero attached hydrogens (tertiary/aromatic N) is 2. The molecule has 0 bridgehead atoms. The van der Waals surface area contributed by atoms with Crippen LogP contribution < -0.4 is 30.6 Å². The van der Waals surface area contributed by atoms with Gasteiger partial charge in [-0.2, -0.15) is 5.10 Å². The maximum atomic E-state index is 12.8. The molecule has 2 aromatic carbocycles. The number of fused-ring (bicyclic) bond motifs is 2. The standard InChI is InChI=1S/C24H24N4O6/c1-3-10-28-24(31)17-7-5-4-6-16(17)21(27-28)23(30)26-25-20(29)9-8-15-13-18(32-2)22-19(14-15)33-11-12-34-22/h4-9,13-14H,3,10-12H2,1-2H3,(H,25,29)(H,26,30)/b9-8+. The highest BCUT2D eigenvalue weighted by atomic mass is 16.6. The number of aromatic nitrogens is 2. The van der Waals surface area contributed by atoms with Crippen LogP contribution in [0.4, 0.5) is 0 Å². The summed E-state index contributed by atoms with van der Waals surface area (Å²) in [6, 6.07) is 10.2. The largest absolute Gasteiger partial charge is 0.493 e. The first-order valence-corrected chi connectivity index (χ1v) is 10.8. The van der Waals surface area contributed by atoms with E-state index >= 15 is 0 Å². The van der Waals surface area contributed by atoms with E-state index in [4.69, 9.17) is 14.2 Å². The highest BCUT2D eigenvalue weighted by Crippen LogP contribution is 2.40. The van der Waals surface area contributed by atoms with E-state index in [9.17, 15) is 14.4 Å². The molecule has 0 fully saturated rings. The van der Waals surface area contributed by atoms with E-state index in [0.29, 0.717) is 59.8 Å². The lowest BCUT2D eigenvalue weighted by molar-refractivity contribution is -0.117. The van der Waals surface area contributed by atoms with Crippen molar-refractivity contribution in [3.63, 3.8) is 0 Å². The fourth-order valence-corrected chi connectivity index (χ4v) is 3.55. The molecule has 0 atom stereocenters. The summed E-state index contributed by atoms with van der Waals surface area (Å²) in [4.78, 5) is 37.7. The van der Waals surface area contributed by atoms with Gasteiger partial charge in [0.25, 0.3) is 17.4 Å². The number of amides is 2. The normalized spacial score (nSPS) is 12.5. The van der Waals surface area contributed by atoms with Crippen LogP contribution in [-0.2, 0) is 11.3 Å². The average molecular weight is 464 g/mol. The van der Waals surface area contributed by atoms with E-state index in [2.05, 4.69) is 16.0 Å². The summed E-state index contributed by atoms with van der Waals surface area (Å²) in [6.45, 7) is 3.13. The lowest BCUT2D eigenvalue weighted by Gasteiger charge is -2.20. The number of hydrogen-bond acceptors (Lipinski definition) is 7. The smallest absolute Gasteiger partial charge is 0.290 e. The van der Waals surface area contributed by atoms with Crippen LogP contribution in [0.15, 0.2) is 47.3 Å². The molecule has 2 N–H and O–H groups in total. The molecule has 1 aromatic heterocycles. The van der Waals surface area contributed by atoms with E-state index in [1.165, 1.54) is 17.9 Å². The molecule has 0 radical (unpaired) electrons. The van der Waals surface area contributed by atoms with Crippen molar-refractivity contribution in [2.24, 2.45) is 0 Å². The zero-order valence-corrected chi connectivity index (χ0v) is 18.8. The van der Waals surface area contributed by atoms with Crippen LogP contribution in [-0.4, -0.2) is 41.9 Å². The molecule has 34 heavy (non-hydrogen) atoms. The van der Waals surface area contributed by atoms with Crippen LogP contribution in [0, 0.1) is 0 Å². The number of methoxy groups -OCH3 is 1. The molecule has 2 heterocycles. The predicted molar refractivity (Wildman–Crippen MR) is 125 cm³/mol. The van der Waals surface area contributed by atoms with Gasteiger partial charge in [0.1, 0.15) is 13.2 Å². The van der Waals surface area contributed by atoms with Gasteiger partial charge in [-0.3, -0.25) is 25.2 Å². The first kappa shape index (κ1) is 22.8. The third kappa shape index (κ3) is 4.70. The molecule has 3 aromatic rings. The Kier molecular flexibility index (Phi) is 6.77. The molecule has 10 heteroatoms. The van der Waals surface area contributed by atoms with Crippen molar-refractivity contribution in [1.82, 2.24) is 20.6 Å². The molecule has 0 unspecified atom stereocenters. The minimum absolute atomic E-state index is 0.0458. The van der Waals surface area contributed by atoms with E-state index in [1.807, 2.05) is 6.92 Å². The lowest BCUT2D eigenvalue weighted by Crippen LogP contribution is -2.42. The van der Waals surface area contributed by atoms with Gasteiger partial charge < -0.3 is 14.2 Å². The Balaban J connectivity index is 1.48. The lowest BCUT2D eigenvalue weighted by atomic mass is 10.1. The second-order valence-electron chi connectivity index (χ2n) is 7.45. The topological polar surface area (TPSA) is 121 Å². The maximum Gasteiger partial charge on any atom is 0.290 e. The predicted octanol–water partition coefficient (Wildman–Crippen LogP) is 2.06. The number of nitrogens with one attached hydrogen (secondary N) is 2. The molecule has 0 spiro atoms. The molecule has 176 valence electrons. The van der Waals surface area contributed by atoms with Crippen molar-refractivity contribution in [1.29, 1.82) is 0 Å². The van der Waals surface area contributed by atoms with Crippen LogP contribution in [0.3, 0.4) is 0 Å². The minimum atomic E-state index is -0.635.